The fraction of sp³-hybridized carbons (Fsp3) is 0.333. The van der Waals surface area contributed by atoms with Crippen LogP contribution < -0.4 is 9.80 Å². The molecule has 0 atom stereocenters. The van der Waals surface area contributed by atoms with Crippen LogP contribution in [0.5, 0.6) is 0 Å². The molecule has 0 saturated carbocycles. The smallest absolute Gasteiger partial charge is 0.348 e. The Labute approximate surface area is 188 Å². The maximum Gasteiger partial charge on any atom is 0.353 e. The summed E-state index contributed by atoms with van der Waals surface area (Å²) in [5, 5.41) is 12.3. The molecule has 0 amide bonds. The van der Waals surface area contributed by atoms with E-state index in [9.17, 15) is 10.1 Å². The SMILES string of the molecule is CCN1CCN(c2ncnc(N(Cc3ccccc3)Cc3ccccc3)c2[N+](=O)[O-])CC1. The van der Waals surface area contributed by atoms with Crippen molar-refractivity contribution in [1.29, 1.82) is 0 Å². The summed E-state index contributed by atoms with van der Waals surface area (Å²) in [6, 6.07) is 19.9. The van der Waals surface area contributed by atoms with E-state index in [0.29, 0.717) is 37.8 Å². The van der Waals surface area contributed by atoms with Crippen LogP contribution in [0.1, 0.15) is 18.1 Å². The van der Waals surface area contributed by atoms with E-state index in [0.717, 1.165) is 30.8 Å². The molecule has 2 heterocycles. The monoisotopic (exact) mass is 432 g/mol. The summed E-state index contributed by atoms with van der Waals surface area (Å²) in [7, 11) is 0. The Balaban J connectivity index is 1.71. The van der Waals surface area contributed by atoms with Crippen LogP contribution in [0.2, 0.25) is 0 Å². The predicted molar refractivity (Wildman–Crippen MR) is 126 cm³/mol. The third kappa shape index (κ3) is 5.03. The minimum atomic E-state index is -0.333. The minimum absolute atomic E-state index is 0.0238. The molecule has 1 saturated heterocycles. The van der Waals surface area contributed by atoms with Gasteiger partial charge < -0.3 is 14.7 Å². The highest BCUT2D eigenvalue weighted by atomic mass is 16.6. The number of benzene rings is 2. The molecule has 0 radical (unpaired) electrons. The normalized spacial score (nSPS) is 14.3. The molecular weight excluding hydrogens is 404 g/mol. The molecule has 3 aromatic rings. The number of nitrogens with zero attached hydrogens (tertiary/aromatic N) is 6. The van der Waals surface area contributed by atoms with Crippen LogP contribution in [0.25, 0.3) is 0 Å². The van der Waals surface area contributed by atoms with E-state index in [1.54, 1.807) is 0 Å². The molecule has 32 heavy (non-hydrogen) atoms. The van der Waals surface area contributed by atoms with E-state index in [4.69, 9.17) is 0 Å². The second-order valence-electron chi connectivity index (χ2n) is 7.88. The van der Waals surface area contributed by atoms with Gasteiger partial charge in [0.15, 0.2) is 0 Å². The summed E-state index contributed by atoms with van der Waals surface area (Å²) in [6.07, 6.45) is 1.45. The molecule has 2 aromatic carbocycles. The second kappa shape index (κ2) is 10.2. The zero-order valence-corrected chi connectivity index (χ0v) is 18.3. The molecular formula is C24H28N6O2. The lowest BCUT2D eigenvalue weighted by atomic mass is 10.1. The van der Waals surface area contributed by atoms with Crippen molar-refractivity contribution < 1.29 is 4.92 Å². The highest BCUT2D eigenvalue weighted by Gasteiger charge is 2.31. The van der Waals surface area contributed by atoms with Crippen LogP contribution >= 0.6 is 0 Å². The van der Waals surface area contributed by atoms with E-state index in [2.05, 4.69) is 21.8 Å². The first kappa shape index (κ1) is 21.7. The largest absolute Gasteiger partial charge is 0.353 e. The first-order valence-electron chi connectivity index (χ1n) is 10.9. The molecule has 4 rings (SSSR count). The highest BCUT2D eigenvalue weighted by Crippen LogP contribution is 2.36. The third-order valence-corrected chi connectivity index (χ3v) is 5.82. The molecule has 8 nitrogen and oxygen atoms in total. The van der Waals surface area contributed by atoms with Crippen LogP contribution in [-0.2, 0) is 13.1 Å². The molecule has 0 spiro atoms. The Morgan fingerprint density at radius 3 is 1.97 bits per heavy atom. The van der Waals surface area contributed by atoms with Gasteiger partial charge in [0.25, 0.3) is 0 Å². The van der Waals surface area contributed by atoms with E-state index >= 15 is 0 Å². The van der Waals surface area contributed by atoms with Gasteiger partial charge in [0, 0.05) is 39.3 Å². The van der Waals surface area contributed by atoms with E-state index in [1.807, 2.05) is 70.5 Å². The minimum Gasteiger partial charge on any atom is -0.348 e. The van der Waals surface area contributed by atoms with Crippen molar-refractivity contribution in [1.82, 2.24) is 14.9 Å². The van der Waals surface area contributed by atoms with Crippen molar-refractivity contribution in [2.24, 2.45) is 0 Å². The van der Waals surface area contributed by atoms with Crippen LogP contribution in [0.4, 0.5) is 17.3 Å². The lowest BCUT2D eigenvalue weighted by Gasteiger charge is -2.34. The number of hydrogen-bond acceptors (Lipinski definition) is 7. The summed E-state index contributed by atoms with van der Waals surface area (Å²) in [4.78, 5) is 27.0. The van der Waals surface area contributed by atoms with Gasteiger partial charge in [0.05, 0.1) is 4.92 Å². The maximum absolute atomic E-state index is 12.3. The topological polar surface area (TPSA) is 78.6 Å². The molecule has 0 bridgehead atoms. The zero-order valence-electron chi connectivity index (χ0n) is 18.3. The van der Waals surface area contributed by atoms with Crippen molar-refractivity contribution in [2.75, 3.05) is 42.5 Å². The van der Waals surface area contributed by atoms with Crippen LogP contribution in [0.3, 0.4) is 0 Å². The van der Waals surface area contributed by atoms with Crippen molar-refractivity contribution >= 4 is 17.3 Å². The molecule has 0 unspecified atom stereocenters. The Morgan fingerprint density at radius 2 is 1.47 bits per heavy atom. The Hall–Kier alpha value is -3.52. The van der Waals surface area contributed by atoms with Gasteiger partial charge in [-0.25, -0.2) is 9.97 Å². The first-order valence-corrected chi connectivity index (χ1v) is 10.9. The van der Waals surface area contributed by atoms with Crippen molar-refractivity contribution in [3.05, 3.63) is 88.2 Å². The molecule has 166 valence electrons. The Kier molecular flexibility index (Phi) is 6.91. The van der Waals surface area contributed by atoms with Gasteiger partial charge in [-0.05, 0) is 17.7 Å². The molecule has 8 heteroatoms. The Morgan fingerprint density at radius 1 is 0.906 bits per heavy atom. The van der Waals surface area contributed by atoms with Gasteiger partial charge in [-0.2, -0.15) is 0 Å². The van der Waals surface area contributed by atoms with E-state index in [-0.39, 0.29) is 10.6 Å². The second-order valence-corrected chi connectivity index (χ2v) is 7.88. The quantitative estimate of drug-likeness (QED) is 0.396. The summed E-state index contributed by atoms with van der Waals surface area (Å²) < 4.78 is 0. The number of nitro groups is 1. The molecule has 1 fully saturated rings. The number of hydrogen-bond donors (Lipinski definition) is 0. The number of piperazine rings is 1. The van der Waals surface area contributed by atoms with Crippen molar-refractivity contribution in [3.8, 4) is 0 Å². The van der Waals surface area contributed by atoms with Gasteiger partial charge in [0.2, 0.25) is 11.6 Å². The standard InChI is InChI=1S/C24H28N6O2/c1-2-27-13-15-28(16-14-27)23-22(30(31)32)24(26-19-25-23)29(17-20-9-5-3-6-10-20)18-21-11-7-4-8-12-21/h3-12,19H,2,13-18H2,1H3. The third-order valence-electron chi connectivity index (χ3n) is 5.82. The van der Waals surface area contributed by atoms with Gasteiger partial charge in [-0.15, -0.1) is 0 Å². The average molecular weight is 433 g/mol. The highest BCUT2D eigenvalue weighted by molar-refractivity contribution is 5.71. The molecule has 0 aliphatic carbocycles. The predicted octanol–water partition coefficient (Wildman–Crippen LogP) is 3.73. The van der Waals surface area contributed by atoms with Crippen molar-refractivity contribution in [2.45, 2.75) is 20.0 Å². The van der Waals surface area contributed by atoms with E-state index in [1.165, 1.54) is 6.33 Å². The number of rotatable bonds is 8. The van der Waals surface area contributed by atoms with Crippen LogP contribution in [-0.4, -0.2) is 52.5 Å². The van der Waals surface area contributed by atoms with Crippen LogP contribution in [0, 0.1) is 10.1 Å². The fourth-order valence-electron chi connectivity index (χ4n) is 4.08. The maximum atomic E-state index is 12.3. The molecule has 1 aliphatic rings. The zero-order chi connectivity index (χ0) is 22.3. The average Bonchev–Trinajstić information content (AvgIpc) is 2.84. The van der Waals surface area contributed by atoms with E-state index < -0.39 is 0 Å². The first-order chi connectivity index (χ1) is 15.7. The summed E-state index contributed by atoms with van der Waals surface area (Å²) in [5.41, 5.74) is 2.10. The van der Waals surface area contributed by atoms with Gasteiger partial charge in [0.1, 0.15) is 6.33 Å². The molecule has 1 aromatic heterocycles. The summed E-state index contributed by atoms with van der Waals surface area (Å²) in [6.45, 7) is 7.28. The lowest BCUT2D eigenvalue weighted by Crippen LogP contribution is -2.46. The summed E-state index contributed by atoms with van der Waals surface area (Å²) >= 11 is 0. The fourth-order valence-corrected chi connectivity index (χ4v) is 4.08. The molecule has 1 aliphatic heterocycles. The van der Waals surface area contributed by atoms with Gasteiger partial charge in [-0.3, -0.25) is 10.1 Å². The van der Waals surface area contributed by atoms with Gasteiger partial charge >= 0.3 is 5.69 Å². The number of aromatic nitrogens is 2. The number of anilines is 2. The van der Waals surface area contributed by atoms with Gasteiger partial charge in [-0.1, -0.05) is 67.6 Å². The number of likely N-dealkylation sites (N-methyl/N-ethyl adjacent to an activating group) is 1. The summed E-state index contributed by atoms with van der Waals surface area (Å²) in [5.74, 6) is 0.757. The lowest BCUT2D eigenvalue weighted by molar-refractivity contribution is -0.383. The van der Waals surface area contributed by atoms with Crippen molar-refractivity contribution in [3.63, 3.8) is 0 Å². The van der Waals surface area contributed by atoms with Crippen LogP contribution in [0.15, 0.2) is 67.0 Å². The Bertz CT molecular complexity index is 982. The molecule has 0 N–H and O–H groups in total.